The maximum atomic E-state index is 12.6. The summed E-state index contributed by atoms with van der Waals surface area (Å²) in [5.41, 5.74) is 0.480. The number of carbonyl (C=O) groups is 3. The summed E-state index contributed by atoms with van der Waals surface area (Å²) in [5.74, 6) is -2.05. The minimum Gasteiger partial charge on any atom is -0.463 e. The van der Waals surface area contributed by atoms with Gasteiger partial charge < -0.3 is 24.1 Å². The lowest BCUT2D eigenvalue weighted by atomic mass is 10.0. The smallest absolute Gasteiger partial charge is 0.338 e. The summed E-state index contributed by atoms with van der Waals surface area (Å²) in [7, 11) is 0. The van der Waals surface area contributed by atoms with Gasteiger partial charge in [0.2, 0.25) is 0 Å². The van der Waals surface area contributed by atoms with Crippen LogP contribution in [0.25, 0.3) is 0 Å². The van der Waals surface area contributed by atoms with E-state index in [0.29, 0.717) is 0 Å². The molecule has 8 nitrogen and oxygen atoms in total. The molecule has 1 aliphatic heterocycles. The number of hydrogen-bond donors (Lipinski definition) is 1. The Hall–Kier alpha value is -2.94. The molecule has 9 heteroatoms. The Kier molecular flexibility index (Phi) is 7.62. The molecular weight excluding hydrogens is 428 g/mol. The van der Waals surface area contributed by atoms with Crippen molar-refractivity contribution in [1.29, 1.82) is 0 Å². The number of aliphatic hydroxyl groups excluding tert-OH is 1. The predicted octanol–water partition coefficient (Wildman–Crippen LogP) is 2.33. The number of rotatable bonds is 6. The van der Waals surface area contributed by atoms with Gasteiger partial charge in [0.25, 0.3) is 0 Å². The molecule has 0 aliphatic carbocycles. The number of benzene rings is 2. The molecule has 0 amide bonds. The van der Waals surface area contributed by atoms with E-state index < -0.39 is 47.9 Å². The van der Waals surface area contributed by atoms with Crippen LogP contribution in [0.2, 0.25) is 0 Å². The van der Waals surface area contributed by atoms with E-state index in [9.17, 15) is 19.5 Å². The number of carbonyl (C=O) groups excluding carboxylic acids is 3. The van der Waals surface area contributed by atoms with Gasteiger partial charge in [-0.1, -0.05) is 36.4 Å². The van der Waals surface area contributed by atoms with Gasteiger partial charge in [-0.25, -0.2) is 9.59 Å². The van der Waals surface area contributed by atoms with Crippen molar-refractivity contribution in [2.24, 2.45) is 0 Å². The molecule has 0 aromatic heterocycles. The Bertz CT molecular complexity index is 904. The second-order valence-corrected chi connectivity index (χ2v) is 7.29. The lowest BCUT2D eigenvalue weighted by Gasteiger charge is -2.41. The number of ether oxygens (including phenoxy) is 4. The highest BCUT2D eigenvalue weighted by Crippen LogP contribution is 2.30. The third-order valence-electron chi connectivity index (χ3n) is 4.54. The summed E-state index contributed by atoms with van der Waals surface area (Å²) in [5, 5.41) is 9.40. The van der Waals surface area contributed by atoms with Crippen molar-refractivity contribution in [2.45, 2.75) is 36.9 Å². The van der Waals surface area contributed by atoms with E-state index in [1.165, 1.54) is 19.1 Å². The van der Waals surface area contributed by atoms with Crippen LogP contribution in [0, 0.1) is 0 Å². The molecule has 0 radical (unpaired) electrons. The summed E-state index contributed by atoms with van der Waals surface area (Å²) in [4.78, 5) is 36.3. The topological polar surface area (TPSA) is 108 Å². The van der Waals surface area contributed by atoms with Crippen LogP contribution < -0.4 is 0 Å². The van der Waals surface area contributed by atoms with Gasteiger partial charge in [0.05, 0.1) is 11.1 Å². The van der Waals surface area contributed by atoms with Crippen molar-refractivity contribution in [1.82, 2.24) is 0 Å². The normalized spacial score (nSPS) is 25.3. The van der Waals surface area contributed by atoms with Crippen LogP contribution in [-0.4, -0.2) is 59.6 Å². The van der Waals surface area contributed by atoms with Gasteiger partial charge in [0, 0.05) is 6.92 Å². The first-order chi connectivity index (χ1) is 14.9. The molecule has 1 fully saturated rings. The molecule has 1 N–H and O–H groups in total. The van der Waals surface area contributed by atoms with E-state index in [0.717, 1.165) is 0 Å². The highest BCUT2D eigenvalue weighted by atomic mass is 35.5. The first kappa shape index (κ1) is 22.7. The summed E-state index contributed by atoms with van der Waals surface area (Å²) < 4.78 is 21.2. The van der Waals surface area contributed by atoms with Crippen LogP contribution in [0.15, 0.2) is 60.7 Å². The minimum absolute atomic E-state index is 0.232. The number of halogens is 1. The third kappa shape index (κ3) is 5.81. The van der Waals surface area contributed by atoms with Crippen LogP contribution in [-0.2, 0) is 23.7 Å². The summed E-state index contributed by atoms with van der Waals surface area (Å²) in [6.07, 6.45) is -5.35. The zero-order valence-electron chi connectivity index (χ0n) is 16.6. The molecule has 1 aliphatic rings. The maximum absolute atomic E-state index is 12.6. The van der Waals surface area contributed by atoms with E-state index in [4.69, 9.17) is 30.5 Å². The van der Waals surface area contributed by atoms with Crippen LogP contribution in [0.4, 0.5) is 0 Å². The largest absolute Gasteiger partial charge is 0.463 e. The van der Waals surface area contributed by atoms with Crippen LogP contribution >= 0.6 is 11.6 Å². The fourth-order valence-corrected chi connectivity index (χ4v) is 3.33. The van der Waals surface area contributed by atoms with E-state index in [1.54, 1.807) is 48.5 Å². The van der Waals surface area contributed by atoms with Crippen molar-refractivity contribution in [3.63, 3.8) is 0 Å². The lowest BCUT2D eigenvalue weighted by molar-refractivity contribution is -0.250. The molecule has 1 saturated heterocycles. The fraction of sp³-hybridized carbons (Fsp3) is 0.318. The van der Waals surface area contributed by atoms with Gasteiger partial charge in [0.15, 0.2) is 18.5 Å². The maximum Gasteiger partial charge on any atom is 0.338 e. The monoisotopic (exact) mass is 448 g/mol. The van der Waals surface area contributed by atoms with Crippen molar-refractivity contribution in [3.8, 4) is 0 Å². The Morgan fingerprint density at radius 3 is 1.87 bits per heavy atom. The third-order valence-corrected chi connectivity index (χ3v) is 5.07. The SMILES string of the molecule is CC(=O)OC[C@H]1O[C@H](O)[C@H](OC(=O)c2ccccc2)[C@@H](OC(=O)c2ccccc2)[C@H]1Cl. The molecule has 3 rings (SSSR count). The molecular formula is C22H21ClO8. The van der Waals surface area contributed by atoms with Gasteiger partial charge in [-0.15, -0.1) is 11.6 Å². The average Bonchev–Trinajstić information content (AvgIpc) is 2.78. The van der Waals surface area contributed by atoms with Gasteiger partial charge in [-0.2, -0.15) is 0 Å². The fourth-order valence-electron chi connectivity index (χ4n) is 3.01. The quantitative estimate of drug-likeness (QED) is 0.407. The van der Waals surface area contributed by atoms with Gasteiger partial charge in [-0.05, 0) is 24.3 Å². The molecule has 2 aromatic carbocycles. The number of esters is 3. The molecule has 0 bridgehead atoms. The molecule has 2 aromatic rings. The van der Waals surface area contributed by atoms with Crippen LogP contribution in [0.5, 0.6) is 0 Å². The Morgan fingerprint density at radius 1 is 0.903 bits per heavy atom. The summed E-state index contributed by atoms with van der Waals surface area (Å²) >= 11 is 6.46. The van der Waals surface area contributed by atoms with Crippen LogP contribution in [0.3, 0.4) is 0 Å². The highest BCUT2D eigenvalue weighted by Gasteiger charge is 2.49. The number of alkyl halides is 1. The predicted molar refractivity (Wildman–Crippen MR) is 108 cm³/mol. The van der Waals surface area contributed by atoms with Gasteiger partial charge in [0.1, 0.15) is 18.1 Å². The van der Waals surface area contributed by atoms with E-state index in [1.807, 2.05) is 0 Å². The molecule has 0 unspecified atom stereocenters. The first-order valence-corrected chi connectivity index (χ1v) is 9.93. The Balaban J connectivity index is 1.82. The lowest BCUT2D eigenvalue weighted by Crippen LogP contribution is -2.59. The minimum atomic E-state index is -1.67. The zero-order valence-corrected chi connectivity index (χ0v) is 17.3. The Labute approximate surface area is 183 Å². The highest BCUT2D eigenvalue weighted by molar-refractivity contribution is 6.21. The first-order valence-electron chi connectivity index (χ1n) is 9.50. The molecule has 31 heavy (non-hydrogen) atoms. The second-order valence-electron chi connectivity index (χ2n) is 6.78. The number of aliphatic hydroxyl groups is 1. The molecule has 0 spiro atoms. The van der Waals surface area contributed by atoms with Crippen molar-refractivity contribution in [3.05, 3.63) is 71.8 Å². The van der Waals surface area contributed by atoms with Crippen molar-refractivity contribution in [2.75, 3.05) is 6.61 Å². The zero-order chi connectivity index (χ0) is 22.4. The van der Waals surface area contributed by atoms with Crippen LogP contribution in [0.1, 0.15) is 27.6 Å². The van der Waals surface area contributed by atoms with Gasteiger partial charge >= 0.3 is 17.9 Å². The molecule has 1 heterocycles. The van der Waals surface area contributed by atoms with Crippen molar-refractivity contribution >= 4 is 29.5 Å². The van der Waals surface area contributed by atoms with Crippen molar-refractivity contribution < 1.29 is 38.4 Å². The van der Waals surface area contributed by atoms with E-state index in [-0.39, 0.29) is 17.7 Å². The standard InChI is InChI=1S/C22H21ClO8/c1-13(24)28-12-16-17(23)18(30-20(25)14-8-4-2-5-9-14)19(22(27)29-16)31-21(26)15-10-6-3-7-11-15/h2-11,16-19,22,27H,12H2,1H3/t16-,17+,18+,19-,22+/m1/s1. The Morgan fingerprint density at radius 2 is 1.39 bits per heavy atom. The summed E-state index contributed by atoms with van der Waals surface area (Å²) in [6, 6.07) is 16.2. The van der Waals surface area contributed by atoms with E-state index in [2.05, 4.69) is 0 Å². The summed E-state index contributed by atoms with van der Waals surface area (Å²) in [6.45, 7) is 0.930. The average molecular weight is 449 g/mol. The molecule has 164 valence electrons. The molecule has 5 atom stereocenters. The number of hydrogen-bond acceptors (Lipinski definition) is 8. The van der Waals surface area contributed by atoms with E-state index >= 15 is 0 Å². The second kappa shape index (κ2) is 10.4. The van der Waals surface area contributed by atoms with Gasteiger partial charge in [-0.3, -0.25) is 4.79 Å². The molecule has 0 saturated carbocycles.